The first kappa shape index (κ1) is 25.7. The minimum absolute atomic E-state index is 0.142. The lowest BCUT2D eigenvalue weighted by Gasteiger charge is -2.61. The van der Waals surface area contributed by atoms with Gasteiger partial charge in [-0.3, -0.25) is 4.79 Å². The summed E-state index contributed by atoms with van der Waals surface area (Å²) in [6.07, 6.45) is 11.9. The predicted molar refractivity (Wildman–Crippen MR) is 135 cm³/mol. The van der Waals surface area contributed by atoms with E-state index < -0.39 is 5.97 Å². The Balaban J connectivity index is 1.63. The van der Waals surface area contributed by atoms with E-state index in [1.807, 2.05) is 6.08 Å². The molecule has 190 valence electrons. The van der Waals surface area contributed by atoms with Crippen LogP contribution in [0.1, 0.15) is 106 Å². The number of aliphatic carboxylic acids is 1. The highest BCUT2D eigenvalue weighted by Crippen LogP contribution is 2.72. The van der Waals surface area contributed by atoms with E-state index >= 15 is 0 Å². The first-order valence-electron chi connectivity index (χ1n) is 13.6. The normalized spacial score (nSPS) is 40.4. The number of hydrogen-bond acceptors (Lipinski definition) is 3. The molecule has 1 unspecified atom stereocenters. The second-order valence-electron chi connectivity index (χ2n) is 13.2. The van der Waals surface area contributed by atoms with Crippen molar-refractivity contribution >= 4 is 11.8 Å². The van der Waals surface area contributed by atoms with E-state index in [1.54, 1.807) is 18.1 Å². The van der Waals surface area contributed by atoms with Crippen molar-refractivity contribution in [3.05, 3.63) is 22.8 Å². The van der Waals surface area contributed by atoms with Crippen LogP contribution in [-0.2, 0) is 9.59 Å². The first-order valence-corrected chi connectivity index (χ1v) is 13.6. The van der Waals surface area contributed by atoms with Crippen molar-refractivity contribution in [2.75, 3.05) is 6.61 Å². The Labute approximate surface area is 206 Å². The van der Waals surface area contributed by atoms with Crippen molar-refractivity contribution in [3.8, 4) is 0 Å². The molecule has 6 atom stereocenters. The highest BCUT2D eigenvalue weighted by molar-refractivity contribution is 5.86. The first-order chi connectivity index (χ1) is 15.8. The lowest BCUT2D eigenvalue weighted by Crippen LogP contribution is -2.54. The molecular formula is C30H46O4. The zero-order valence-corrected chi connectivity index (χ0v) is 22.3. The van der Waals surface area contributed by atoms with Crippen molar-refractivity contribution < 1.29 is 19.8 Å². The van der Waals surface area contributed by atoms with Gasteiger partial charge in [0, 0.05) is 24.0 Å². The summed E-state index contributed by atoms with van der Waals surface area (Å²) in [5.41, 5.74) is 4.01. The van der Waals surface area contributed by atoms with E-state index in [9.17, 15) is 14.7 Å². The molecule has 0 radical (unpaired) electrons. The van der Waals surface area contributed by atoms with E-state index in [2.05, 4.69) is 34.6 Å². The van der Waals surface area contributed by atoms with Crippen LogP contribution in [0, 0.1) is 39.4 Å². The Bertz CT molecular complexity index is 926. The summed E-state index contributed by atoms with van der Waals surface area (Å²) in [5, 5.41) is 19.5. The fourth-order valence-electron chi connectivity index (χ4n) is 9.31. The molecule has 4 aliphatic rings. The molecule has 0 spiro atoms. The summed E-state index contributed by atoms with van der Waals surface area (Å²) < 4.78 is 0. The summed E-state index contributed by atoms with van der Waals surface area (Å²) >= 11 is 0. The molecule has 0 aromatic rings. The number of Topliss-reactive ketones (excluding diaryl/α,β-unsaturated/α-hetero) is 1. The number of aliphatic hydroxyl groups is 1. The maximum atomic E-state index is 12.8. The molecule has 4 rings (SSSR count). The van der Waals surface area contributed by atoms with Crippen LogP contribution in [-0.4, -0.2) is 28.6 Å². The fourth-order valence-corrected chi connectivity index (χ4v) is 9.31. The number of hydrogen-bond donors (Lipinski definition) is 2. The van der Waals surface area contributed by atoms with Crippen LogP contribution in [0.15, 0.2) is 22.8 Å². The van der Waals surface area contributed by atoms with Gasteiger partial charge in [0.2, 0.25) is 0 Å². The van der Waals surface area contributed by atoms with E-state index in [4.69, 9.17) is 5.11 Å². The van der Waals surface area contributed by atoms with Gasteiger partial charge in [0.25, 0.3) is 0 Å². The topological polar surface area (TPSA) is 74.6 Å². The fraction of sp³-hybridized carbons (Fsp3) is 0.800. The van der Waals surface area contributed by atoms with Gasteiger partial charge in [-0.05, 0) is 98.7 Å². The SMILES string of the molecule is C/C(=C\CC[C@H](CO)[C@@H]1CC[C@]2(C)C3=C(CC[C@@]12C)[C@@]1(C)CCC(=O)C(C)(C)C1CC3)C(=O)O. The van der Waals surface area contributed by atoms with Gasteiger partial charge in [-0.2, -0.15) is 0 Å². The average Bonchev–Trinajstić information content (AvgIpc) is 3.05. The quantitative estimate of drug-likeness (QED) is 0.334. The minimum atomic E-state index is -0.857. The van der Waals surface area contributed by atoms with Gasteiger partial charge in [-0.1, -0.05) is 51.8 Å². The van der Waals surface area contributed by atoms with E-state index in [0.29, 0.717) is 36.0 Å². The second kappa shape index (κ2) is 8.61. The van der Waals surface area contributed by atoms with Crippen LogP contribution in [0.2, 0.25) is 0 Å². The van der Waals surface area contributed by atoms with Crippen LogP contribution in [0.25, 0.3) is 0 Å². The number of aliphatic hydroxyl groups excluding tert-OH is 1. The van der Waals surface area contributed by atoms with E-state index in [0.717, 1.165) is 44.9 Å². The largest absolute Gasteiger partial charge is 0.478 e. The monoisotopic (exact) mass is 470 g/mol. The number of carboxylic acid groups (broad SMARTS) is 1. The van der Waals surface area contributed by atoms with Gasteiger partial charge in [0.05, 0.1) is 0 Å². The Hall–Kier alpha value is -1.42. The van der Waals surface area contributed by atoms with Gasteiger partial charge in [-0.25, -0.2) is 4.79 Å². The Morgan fingerprint density at radius 2 is 1.74 bits per heavy atom. The minimum Gasteiger partial charge on any atom is -0.478 e. The molecule has 0 aromatic heterocycles. The van der Waals surface area contributed by atoms with Crippen molar-refractivity contribution in [3.63, 3.8) is 0 Å². The summed E-state index contributed by atoms with van der Waals surface area (Å²) in [5.74, 6) is 0.712. The number of fused-ring (bicyclic) bond motifs is 4. The Morgan fingerprint density at radius 3 is 2.38 bits per heavy atom. The lowest BCUT2D eigenvalue weighted by atomic mass is 9.43. The summed E-state index contributed by atoms with van der Waals surface area (Å²) in [7, 11) is 0. The second-order valence-corrected chi connectivity index (χ2v) is 13.2. The third-order valence-electron chi connectivity index (χ3n) is 11.7. The van der Waals surface area contributed by atoms with Crippen molar-refractivity contribution in [1.29, 1.82) is 0 Å². The van der Waals surface area contributed by atoms with Crippen molar-refractivity contribution in [2.24, 2.45) is 39.4 Å². The summed E-state index contributed by atoms with van der Waals surface area (Å²) in [4.78, 5) is 24.0. The molecule has 34 heavy (non-hydrogen) atoms. The summed E-state index contributed by atoms with van der Waals surface area (Å²) in [6, 6.07) is 0. The number of allylic oxidation sites excluding steroid dienone is 3. The summed E-state index contributed by atoms with van der Waals surface area (Å²) in [6.45, 7) is 13.7. The highest BCUT2D eigenvalue weighted by Gasteiger charge is 2.63. The molecule has 4 nitrogen and oxygen atoms in total. The number of carboxylic acids is 1. The lowest BCUT2D eigenvalue weighted by molar-refractivity contribution is -0.139. The van der Waals surface area contributed by atoms with Gasteiger partial charge in [0.15, 0.2) is 0 Å². The smallest absolute Gasteiger partial charge is 0.330 e. The van der Waals surface area contributed by atoms with Crippen LogP contribution in [0.4, 0.5) is 0 Å². The molecule has 0 amide bonds. The number of ketones is 1. The zero-order chi connectivity index (χ0) is 25.1. The van der Waals surface area contributed by atoms with Crippen LogP contribution in [0.5, 0.6) is 0 Å². The molecule has 0 aliphatic heterocycles. The maximum absolute atomic E-state index is 12.8. The van der Waals surface area contributed by atoms with Crippen LogP contribution >= 0.6 is 0 Å². The standard InChI is InChI=1S/C30H46O4/c1-19(26(33)34)8-7-9-20(18-31)21-12-16-30(6)23-10-11-24-27(2,3)25(32)14-15-28(24,4)22(23)13-17-29(21,30)5/h8,20-21,24,31H,7,9-18H2,1-6H3,(H,33,34)/b19-8+/t20-,21+,24?,28-,29+,30-/m1/s1. The molecule has 4 heteroatoms. The molecule has 0 heterocycles. The molecule has 0 saturated heterocycles. The van der Waals surface area contributed by atoms with Gasteiger partial charge >= 0.3 is 5.97 Å². The van der Waals surface area contributed by atoms with E-state index in [1.165, 1.54) is 6.42 Å². The molecular weight excluding hydrogens is 424 g/mol. The molecule has 4 aliphatic carbocycles. The zero-order valence-electron chi connectivity index (χ0n) is 22.3. The Morgan fingerprint density at radius 1 is 1.03 bits per heavy atom. The molecule has 2 saturated carbocycles. The molecule has 2 fully saturated rings. The maximum Gasteiger partial charge on any atom is 0.330 e. The number of carbonyl (C=O) groups excluding carboxylic acids is 1. The molecule has 2 N–H and O–H groups in total. The Kier molecular flexibility index (Phi) is 6.50. The van der Waals surface area contributed by atoms with Crippen LogP contribution in [0.3, 0.4) is 0 Å². The number of rotatable bonds is 6. The van der Waals surface area contributed by atoms with Crippen molar-refractivity contribution in [1.82, 2.24) is 0 Å². The molecule has 0 bridgehead atoms. The number of carbonyl (C=O) groups is 2. The van der Waals surface area contributed by atoms with Crippen molar-refractivity contribution in [2.45, 2.75) is 106 Å². The van der Waals surface area contributed by atoms with Crippen LogP contribution < -0.4 is 0 Å². The van der Waals surface area contributed by atoms with Gasteiger partial charge in [-0.15, -0.1) is 0 Å². The average molecular weight is 471 g/mol. The van der Waals surface area contributed by atoms with Gasteiger partial charge in [0.1, 0.15) is 5.78 Å². The van der Waals surface area contributed by atoms with E-state index in [-0.39, 0.29) is 34.2 Å². The highest BCUT2D eigenvalue weighted by atomic mass is 16.4. The van der Waals surface area contributed by atoms with Gasteiger partial charge < -0.3 is 10.2 Å². The molecule has 0 aromatic carbocycles. The third-order valence-corrected chi connectivity index (χ3v) is 11.7. The predicted octanol–water partition coefficient (Wildman–Crippen LogP) is 6.72. The third kappa shape index (κ3) is 3.57.